The van der Waals surface area contributed by atoms with Crippen LogP contribution >= 0.6 is 0 Å². The molecule has 2 saturated heterocycles. The highest BCUT2D eigenvalue weighted by atomic mass is 16.4. The molecule has 0 radical (unpaired) electrons. The minimum absolute atomic E-state index is 0.0286. The maximum Gasteiger partial charge on any atom is 0.326 e. The summed E-state index contributed by atoms with van der Waals surface area (Å²) in [6.45, 7) is -0.201. The van der Waals surface area contributed by atoms with Crippen LogP contribution in [0.5, 0.6) is 0 Å². The average Bonchev–Trinajstić information content (AvgIpc) is 3.06. The van der Waals surface area contributed by atoms with Crippen LogP contribution in [-0.2, 0) is 19.2 Å². The molecule has 2 rings (SSSR count). The lowest BCUT2D eigenvalue weighted by Crippen LogP contribution is -2.59. The van der Waals surface area contributed by atoms with Gasteiger partial charge in [-0.25, -0.2) is 4.79 Å². The summed E-state index contributed by atoms with van der Waals surface area (Å²) in [5.41, 5.74) is 4.37. The van der Waals surface area contributed by atoms with Gasteiger partial charge in [-0.3, -0.25) is 14.4 Å². The van der Waals surface area contributed by atoms with Gasteiger partial charge in [-0.1, -0.05) is 0 Å². The molecule has 0 aliphatic carbocycles. The number of aliphatic carboxylic acids is 2. The van der Waals surface area contributed by atoms with Gasteiger partial charge in [-0.15, -0.1) is 0 Å². The highest BCUT2D eigenvalue weighted by molar-refractivity contribution is 5.95. The first-order valence-electron chi connectivity index (χ1n) is 7.59. The van der Waals surface area contributed by atoms with Gasteiger partial charge in [0.25, 0.3) is 0 Å². The summed E-state index contributed by atoms with van der Waals surface area (Å²) in [6, 6.07) is -1.32. The molecule has 0 spiro atoms. The maximum absolute atomic E-state index is 12.7. The van der Waals surface area contributed by atoms with E-state index in [-0.39, 0.29) is 31.3 Å². The van der Waals surface area contributed by atoms with Crippen LogP contribution in [0.25, 0.3) is 0 Å². The van der Waals surface area contributed by atoms with Gasteiger partial charge < -0.3 is 26.2 Å². The standard InChI is InChI=1S/C14H21N3O6/c15-7-10(18)17-8-3-5-14(17,6-4-8)13(23)16-9(12(21)22)1-2-11(19)20/h8-9H,1-7,15H2,(H,16,23)(H,19,20)(H,21,22)/t8?,9-,14?/m0/s1. The van der Waals surface area contributed by atoms with Crippen LogP contribution in [0.2, 0.25) is 0 Å². The van der Waals surface area contributed by atoms with Gasteiger partial charge in [0.15, 0.2) is 0 Å². The van der Waals surface area contributed by atoms with Gasteiger partial charge in [0.1, 0.15) is 11.6 Å². The molecule has 0 aromatic carbocycles. The fourth-order valence-corrected chi connectivity index (χ4v) is 3.62. The molecular weight excluding hydrogens is 306 g/mol. The number of nitrogens with zero attached hydrogens (tertiary/aromatic N) is 1. The number of fused-ring (bicyclic) bond motifs is 2. The first-order chi connectivity index (χ1) is 10.8. The number of carboxylic acids is 2. The van der Waals surface area contributed by atoms with E-state index in [1.165, 1.54) is 4.90 Å². The van der Waals surface area contributed by atoms with Crippen LogP contribution in [0.1, 0.15) is 38.5 Å². The molecule has 0 aromatic heterocycles. The van der Waals surface area contributed by atoms with E-state index in [0.717, 1.165) is 0 Å². The minimum Gasteiger partial charge on any atom is -0.481 e. The molecule has 2 aliphatic rings. The molecule has 2 heterocycles. The predicted octanol–water partition coefficient (Wildman–Crippen LogP) is -1.10. The van der Waals surface area contributed by atoms with E-state index in [0.29, 0.717) is 25.7 Å². The van der Waals surface area contributed by atoms with Crippen molar-refractivity contribution >= 4 is 23.8 Å². The molecule has 128 valence electrons. The molecule has 1 atom stereocenters. The molecule has 5 N–H and O–H groups in total. The smallest absolute Gasteiger partial charge is 0.326 e. The van der Waals surface area contributed by atoms with E-state index in [4.69, 9.17) is 15.9 Å². The number of hydrogen-bond donors (Lipinski definition) is 4. The molecule has 23 heavy (non-hydrogen) atoms. The molecule has 2 fully saturated rings. The van der Waals surface area contributed by atoms with Crippen molar-refractivity contribution in [3.63, 3.8) is 0 Å². The Kier molecular flexibility index (Phi) is 4.88. The van der Waals surface area contributed by atoms with Crippen LogP contribution < -0.4 is 11.1 Å². The molecule has 9 heteroatoms. The Balaban J connectivity index is 2.12. The van der Waals surface area contributed by atoms with Gasteiger partial charge >= 0.3 is 11.9 Å². The molecule has 9 nitrogen and oxygen atoms in total. The molecular formula is C14H21N3O6. The van der Waals surface area contributed by atoms with Gasteiger partial charge in [-0.2, -0.15) is 0 Å². The molecule has 2 amide bonds. The zero-order chi connectivity index (χ0) is 17.2. The van der Waals surface area contributed by atoms with E-state index < -0.39 is 29.4 Å². The van der Waals surface area contributed by atoms with Crippen LogP contribution in [0.15, 0.2) is 0 Å². The zero-order valence-corrected chi connectivity index (χ0v) is 12.7. The topological polar surface area (TPSA) is 150 Å². The molecule has 2 aliphatic heterocycles. The van der Waals surface area contributed by atoms with Gasteiger partial charge in [-0.05, 0) is 32.1 Å². The summed E-state index contributed by atoms with van der Waals surface area (Å²) in [4.78, 5) is 48.0. The lowest BCUT2D eigenvalue weighted by Gasteiger charge is -2.34. The molecule has 0 saturated carbocycles. The summed E-state index contributed by atoms with van der Waals surface area (Å²) in [6.07, 6.45) is 1.75. The largest absolute Gasteiger partial charge is 0.481 e. The van der Waals surface area contributed by atoms with Crippen molar-refractivity contribution in [2.75, 3.05) is 6.54 Å². The number of carboxylic acid groups (broad SMARTS) is 2. The third-order valence-electron chi connectivity index (χ3n) is 4.72. The molecule has 2 bridgehead atoms. The SMILES string of the molecule is NCC(=O)N1C2CCC1(C(=O)N[C@@H](CCC(=O)O)C(=O)O)CC2. The maximum atomic E-state index is 12.7. The molecule has 0 unspecified atom stereocenters. The fraction of sp³-hybridized carbons (Fsp3) is 0.714. The highest BCUT2D eigenvalue weighted by Gasteiger charge is 2.58. The Hall–Kier alpha value is -2.16. The van der Waals surface area contributed by atoms with Crippen molar-refractivity contribution < 1.29 is 29.4 Å². The van der Waals surface area contributed by atoms with Crippen LogP contribution in [-0.4, -0.2) is 63.0 Å². The summed E-state index contributed by atoms with van der Waals surface area (Å²) in [5, 5.41) is 20.2. The van der Waals surface area contributed by atoms with Crippen molar-refractivity contribution in [2.24, 2.45) is 5.73 Å². The Morgan fingerprint density at radius 3 is 2.30 bits per heavy atom. The van der Waals surface area contributed by atoms with Crippen molar-refractivity contribution in [2.45, 2.75) is 56.1 Å². The van der Waals surface area contributed by atoms with Gasteiger partial charge in [0.05, 0.1) is 6.54 Å². The first kappa shape index (κ1) is 17.2. The zero-order valence-electron chi connectivity index (χ0n) is 12.7. The highest BCUT2D eigenvalue weighted by Crippen LogP contribution is 2.46. The van der Waals surface area contributed by atoms with Crippen LogP contribution in [0, 0.1) is 0 Å². The van der Waals surface area contributed by atoms with Crippen LogP contribution in [0.3, 0.4) is 0 Å². The van der Waals surface area contributed by atoms with Gasteiger partial charge in [0.2, 0.25) is 11.8 Å². The minimum atomic E-state index is -1.29. The lowest BCUT2D eigenvalue weighted by atomic mass is 9.86. The van der Waals surface area contributed by atoms with E-state index in [9.17, 15) is 19.2 Å². The van der Waals surface area contributed by atoms with Crippen molar-refractivity contribution in [1.82, 2.24) is 10.2 Å². The first-order valence-corrected chi connectivity index (χ1v) is 7.59. The predicted molar refractivity (Wildman–Crippen MR) is 77.3 cm³/mol. The lowest BCUT2D eigenvalue weighted by molar-refractivity contribution is -0.147. The van der Waals surface area contributed by atoms with Crippen molar-refractivity contribution in [1.29, 1.82) is 0 Å². The third-order valence-corrected chi connectivity index (χ3v) is 4.72. The van der Waals surface area contributed by atoms with E-state index >= 15 is 0 Å². The van der Waals surface area contributed by atoms with E-state index in [1.807, 2.05) is 0 Å². The van der Waals surface area contributed by atoms with Crippen molar-refractivity contribution in [3.8, 4) is 0 Å². The summed E-state index contributed by atoms with van der Waals surface area (Å²) < 4.78 is 0. The monoisotopic (exact) mass is 327 g/mol. The third kappa shape index (κ3) is 3.14. The number of rotatable bonds is 7. The summed E-state index contributed by atoms with van der Waals surface area (Å²) in [5.74, 6) is -3.28. The normalized spacial score (nSPS) is 26.8. The second kappa shape index (κ2) is 6.53. The van der Waals surface area contributed by atoms with Crippen LogP contribution in [0.4, 0.5) is 0 Å². The average molecular weight is 327 g/mol. The van der Waals surface area contributed by atoms with E-state index in [1.54, 1.807) is 0 Å². The number of nitrogens with two attached hydrogens (primary N) is 1. The Labute approximate surface area is 132 Å². The second-order valence-corrected chi connectivity index (χ2v) is 6.03. The Bertz CT molecular complexity index is 527. The van der Waals surface area contributed by atoms with Gasteiger partial charge in [0, 0.05) is 12.5 Å². The number of carbonyl (C=O) groups excluding carboxylic acids is 2. The number of amides is 2. The summed E-state index contributed by atoms with van der Waals surface area (Å²) >= 11 is 0. The second-order valence-electron chi connectivity index (χ2n) is 6.03. The number of hydrogen-bond acceptors (Lipinski definition) is 5. The quantitative estimate of drug-likeness (QED) is 0.463. The number of carbonyl (C=O) groups is 4. The van der Waals surface area contributed by atoms with Crippen molar-refractivity contribution in [3.05, 3.63) is 0 Å². The molecule has 0 aromatic rings. The Morgan fingerprint density at radius 1 is 1.22 bits per heavy atom. The Morgan fingerprint density at radius 2 is 1.83 bits per heavy atom. The summed E-state index contributed by atoms with van der Waals surface area (Å²) in [7, 11) is 0. The fourth-order valence-electron chi connectivity index (χ4n) is 3.62. The number of nitrogens with one attached hydrogen (secondary N) is 1. The van der Waals surface area contributed by atoms with E-state index in [2.05, 4.69) is 5.32 Å².